The number of allylic oxidation sites excluding steroid dienone is 2. The Balaban J connectivity index is 1.62. The van der Waals surface area contributed by atoms with Crippen molar-refractivity contribution < 1.29 is 41.0 Å². The van der Waals surface area contributed by atoms with Crippen LogP contribution in [0.1, 0.15) is 18.1 Å². The SMILES string of the molecule is C#C[C@]1(c2ccccc2)CN(C(=O)OCCc2ccccc2)C[C@H]1C1C=CC(C(O)(C(F)(F)F)C(F)(F)F)=CC1C. The van der Waals surface area contributed by atoms with Crippen molar-refractivity contribution in [2.75, 3.05) is 19.7 Å². The molecule has 4 rings (SSSR count). The topological polar surface area (TPSA) is 49.8 Å². The van der Waals surface area contributed by atoms with E-state index in [2.05, 4.69) is 5.92 Å². The highest BCUT2D eigenvalue weighted by atomic mass is 19.4. The number of carbonyl (C=O) groups is 1. The number of hydrogen-bond acceptors (Lipinski definition) is 3. The lowest BCUT2D eigenvalue weighted by atomic mass is 9.63. The minimum Gasteiger partial charge on any atom is -0.449 e. The zero-order valence-electron chi connectivity index (χ0n) is 22.1. The van der Waals surface area contributed by atoms with Crippen molar-refractivity contribution in [2.45, 2.75) is 36.7 Å². The molecule has 0 spiro atoms. The molecule has 2 aromatic carbocycles. The average molecular weight is 578 g/mol. The molecule has 0 bridgehead atoms. The van der Waals surface area contributed by atoms with E-state index in [1.807, 2.05) is 30.3 Å². The van der Waals surface area contributed by atoms with Crippen molar-refractivity contribution in [1.29, 1.82) is 0 Å². The number of likely N-dealkylation sites (tertiary alicyclic amines) is 1. The molecule has 1 heterocycles. The van der Waals surface area contributed by atoms with Crippen molar-refractivity contribution in [2.24, 2.45) is 17.8 Å². The second-order valence-corrected chi connectivity index (χ2v) is 10.4. The summed E-state index contributed by atoms with van der Waals surface area (Å²) in [5.41, 5.74) is -5.77. The van der Waals surface area contributed by atoms with Crippen LogP contribution in [0, 0.1) is 30.1 Å². The molecule has 218 valence electrons. The largest absolute Gasteiger partial charge is 0.449 e. The van der Waals surface area contributed by atoms with Gasteiger partial charge in [0.2, 0.25) is 0 Å². The third-order valence-electron chi connectivity index (χ3n) is 8.00. The Labute approximate surface area is 234 Å². The van der Waals surface area contributed by atoms with E-state index in [1.54, 1.807) is 30.3 Å². The van der Waals surface area contributed by atoms with Gasteiger partial charge < -0.3 is 14.7 Å². The molecule has 1 saturated heterocycles. The molecule has 0 aromatic heterocycles. The highest BCUT2D eigenvalue weighted by molar-refractivity contribution is 5.69. The average Bonchev–Trinajstić information content (AvgIpc) is 3.33. The molecule has 1 aliphatic carbocycles. The van der Waals surface area contributed by atoms with Crippen LogP contribution in [0.5, 0.6) is 0 Å². The summed E-state index contributed by atoms with van der Waals surface area (Å²) in [5.74, 6) is 0.689. The van der Waals surface area contributed by atoms with Crippen LogP contribution in [-0.2, 0) is 16.6 Å². The number of amides is 1. The van der Waals surface area contributed by atoms with E-state index in [0.29, 0.717) is 18.1 Å². The first kappa shape index (κ1) is 30.3. The standard InChI is InChI=1S/C31H29F6NO3/c1-3-28(23-12-8-5-9-13-23)20-38(27(39)41-17-16-22-10-6-4-7-11-22)19-26(28)25-15-14-24(18-21(25)2)29(40,30(32,33)34)31(35,36)37/h1,4-15,18,21,25-26,40H,16-17,19-20H2,2H3/t21?,25?,26-,28+/m0/s1. The fraction of sp³-hybridized carbons (Fsp3) is 0.387. The number of terminal acetylenes is 1. The van der Waals surface area contributed by atoms with Gasteiger partial charge in [0.15, 0.2) is 0 Å². The van der Waals surface area contributed by atoms with E-state index >= 15 is 0 Å². The number of halogens is 6. The van der Waals surface area contributed by atoms with Gasteiger partial charge in [0.1, 0.15) is 0 Å². The molecule has 1 aliphatic heterocycles. The van der Waals surface area contributed by atoms with Gasteiger partial charge in [0.25, 0.3) is 5.60 Å². The summed E-state index contributed by atoms with van der Waals surface area (Å²) in [6.45, 7) is 1.69. The summed E-state index contributed by atoms with van der Waals surface area (Å²) >= 11 is 0. The summed E-state index contributed by atoms with van der Waals surface area (Å²) in [6, 6.07) is 18.3. The van der Waals surface area contributed by atoms with Crippen LogP contribution in [0.4, 0.5) is 31.1 Å². The molecule has 2 aromatic rings. The van der Waals surface area contributed by atoms with Crippen LogP contribution in [0.2, 0.25) is 0 Å². The summed E-state index contributed by atoms with van der Waals surface area (Å²) in [7, 11) is 0. The monoisotopic (exact) mass is 577 g/mol. The van der Waals surface area contributed by atoms with Gasteiger partial charge in [-0.15, -0.1) is 6.42 Å². The van der Waals surface area contributed by atoms with E-state index in [9.17, 15) is 36.2 Å². The molecule has 1 N–H and O–H groups in total. The second kappa shape index (κ2) is 11.3. The number of ether oxygens (including phenoxy) is 1. The lowest BCUT2D eigenvalue weighted by Gasteiger charge is -2.40. The summed E-state index contributed by atoms with van der Waals surface area (Å²) in [5, 5.41) is 9.91. The van der Waals surface area contributed by atoms with Crippen molar-refractivity contribution in [1.82, 2.24) is 4.90 Å². The van der Waals surface area contributed by atoms with E-state index < -0.39 is 52.8 Å². The molecule has 41 heavy (non-hydrogen) atoms. The maximum Gasteiger partial charge on any atom is 0.430 e. The quantitative estimate of drug-likeness (QED) is 0.316. The van der Waals surface area contributed by atoms with Gasteiger partial charge in [-0.3, -0.25) is 0 Å². The lowest BCUT2D eigenvalue weighted by molar-refractivity contribution is -0.351. The molecule has 0 radical (unpaired) electrons. The number of carbonyl (C=O) groups excluding carboxylic acids is 1. The van der Waals surface area contributed by atoms with Gasteiger partial charge in [-0.2, -0.15) is 26.3 Å². The second-order valence-electron chi connectivity index (χ2n) is 10.4. The fourth-order valence-electron chi connectivity index (χ4n) is 5.80. The Kier molecular flexibility index (Phi) is 8.33. The number of rotatable bonds is 6. The van der Waals surface area contributed by atoms with E-state index in [-0.39, 0.29) is 19.7 Å². The minimum absolute atomic E-state index is 0.0466. The van der Waals surface area contributed by atoms with Gasteiger partial charge in [-0.1, -0.05) is 91.7 Å². The van der Waals surface area contributed by atoms with E-state index in [4.69, 9.17) is 11.2 Å². The van der Waals surface area contributed by atoms with Crippen LogP contribution in [0.3, 0.4) is 0 Å². The normalized spacial score (nSPS) is 25.0. The van der Waals surface area contributed by atoms with Gasteiger partial charge in [-0.25, -0.2) is 4.79 Å². The van der Waals surface area contributed by atoms with Crippen LogP contribution in [0.15, 0.2) is 84.5 Å². The van der Waals surface area contributed by atoms with E-state index in [0.717, 1.165) is 11.6 Å². The first-order valence-electron chi connectivity index (χ1n) is 13.0. The van der Waals surface area contributed by atoms with Crippen molar-refractivity contribution in [3.8, 4) is 12.3 Å². The Hall–Kier alpha value is -3.71. The number of hydrogen-bond donors (Lipinski definition) is 1. The maximum absolute atomic E-state index is 13.5. The maximum atomic E-state index is 13.5. The molecular formula is C31H29F6NO3. The van der Waals surface area contributed by atoms with Crippen molar-refractivity contribution >= 4 is 6.09 Å². The van der Waals surface area contributed by atoms with E-state index in [1.165, 1.54) is 17.9 Å². The first-order chi connectivity index (χ1) is 19.2. The Bertz CT molecular complexity index is 1320. The van der Waals surface area contributed by atoms with Crippen LogP contribution in [-0.4, -0.2) is 53.7 Å². The Morgan fingerprint density at radius 3 is 2.17 bits per heavy atom. The number of nitrogens with zero attached hydrogens (tertiary/aromatic N) is 1. The lowest BCUT2D eigenvalue weighted by Crippen LogP contribution is -2.58. The predicted molar refractivity (Wildman–Crippen MR) is 140 cm³/mol. The summed E-state index contributed by atoms with van der Waals surface area (Å²) in [6.07, 6.45) is -3.35. The molecule has 2 unspecified atom stereocenters. The molecule has 10 heteroatoms. The molecule has 2 aliphatic rings. The van der Waals surface area contributed by atoms with Crippen LogP contribution < -0.4 is 0 Å². The minimum atomic E-state index is -5.99. The summed E-state index contributed by atoms with van der Waals surface area (Å²) < 4.78 is 86.7. The zero-order valence-corrected chi connectivity index (χ0v) is 22.1. The van der Waals surface area contributed by atoms with Crippen molar-refractivity contribution in [3.63, 3.8) is 0 Å². The third-order valence-corrected chi connectivity index (χ3v) is 8.00. The van der Waals surface area contributed by atoms with Gasteiger partial charge in [-0.05, 0) is 28.5 Å². The Morgan fingerprint density at radius 2 is 1.63 bits per heavy atom. The zero-order chi connectivity index (χ0) is 30.1. The number of benzene rings is 2. The fourth-order valence-corrected chi connectivity index (χ4v) is 5.80. The third kappa shape index (κ3) is 5.60. The number of aliphatic hydroxyl groups is 1. The first-order valence-corrected chi connectivity index (χ1v) is 13.0. The molecule has 1 amide bonds. The molecular weight excluding hydrogens is 548 g/mol. The molecule has 1 fully saturated rings. The highest BCUT2D eigenvalue weighted by Gasteiger charge is 2.72. The van der Waals surface area contributed by atoms with Gasteiger partial charge in [0.05, 0.1) is 12.0 Å². The van der Waals surface area contributed by atoms with Gasteiger partial charge >= 0.3 is 18.4 Å². The summed E-state index contributed by atoms with van der Waals surface area (Å²) in [4.78, 5) is 14.5. The Morgan fingerprint density at radius 1 is 1.05 bits per heavy atom. The van der Waals surface area contributed by atoms with Crippen LogP contribution in [0.25, 0.3) is 0 Å². The highest BCUT2D eigenvalue weighted by Crippen LogP contribution is 2.52. The van der Waals surface area contributed by atoms with Gasteiger partial charge in [0, 0.05) is 25.4 Å². The molecule has 4 atom stereocenters. The smallest absolute Gasteiger partial charge is 0.430 e. The molecule has 0 saturated carbocycles. The predicted octanol–water partition coefficient (Wildman–Crippen LogP) is 6.47. The molecule has 4 nitrogen and oxygen atoms in total. The van der Waals surface area contributed by atoms with Crippen molar-refractivity contribution in [3.05, 3.63) is 95.6 Å². The number of alkyl halides is 6. The van der Waals surface area contributed by atoms with Crippen LogP contribution >= 0.6 is 0 Å².